The third kappa shape index (κ3) is 3.73. The van der Waals surface area contributed by atoms with Crippen LogP contribution in [0.25, 0.3) is 0 Å². The summed E-state index contributed by atoms with van der Waals surface area (Å²) in [4.78, 5) is 14.1. The lowest BCUT2D eigenvalue weighted by Crippen LogP contribution is -2.35. The first-order valence-corrected chi connectivity index (χ1v) is 7.29. The lowest BCUT2D eigenvalue weighted by atomic mass is 10.1. The van der Waals surface area contributed by atoms with Gasteiger partial charge in [0.25, 0.3) is 0 Å². The van der Waals surface area contributed by atoms with Crippen LogP contribution in [0.4, 0.5) is 0 Å². The normalized spacial score (nSPS) is 22.1. The summed E-state index contributed by atoms with van der Waals surface area (Å²) < 4.78 is 5.63. The molecule has 1 amide bonds. The molecule has 0 saturated carbocycles. The second-order valence-corrected chi connectivity index (χ2v) is 5.65. The first kappa shape index (κ1) is 14.9. The number of carbonyl (C=O) groups is 1. The Morgan fingerprint density at radius 2 is 2.30 bits per heavy atom. The Kier molecular flexibility index (Phi) is 5.01. The van der Waals surface area contributed by atoms with Crippen molar-refractivity contribution >= 4 is 5.91 Å². The van der Waals surface area contributed by atoms with Gasteiger partial charge in [0.2, 0.25) is 5.91 Å². The average molecular weight is 276 g/mol. The zero-order chi connectivity index (χ0) is 14.5. The van der Waals surface area contributed by atoms with Crippen LogP contribution in [0.1, 0.15) is 25.3 Å². The van der Waals surface area contributed by atoms with E-state index in [1.54, 1.807) is 0 Å². The van der Waals surface area contributed by atoms with Crippen LogP contribution < -0.4 is 10.5 Å². The van der Waals surface area contributed by atoms with Gasteiger partial charge in [-0.25, -0.2) is 0 Å². The highest BCUT2D eigenvalue weighted by molar-refractivity contribution is 5.77. The molecular weight excluding hydrogens is 252 g/mol. The van der Waals surface area contributed by atoms with E-state index in [0.29, 0.717) is 31.5 Å². The van der Waals surface area contributed by atoms with Crippen molar-refractivity contribution in [1.29, 1.82) is 0 Å². The van der Waals surface area contributed by atoms with Crippen LogP contribution >= 0.6 is 0 Å². The largest absolute Gasteiger partial charge is 0.493 e. The van der Waals surface area contributed by atoms with Crippen molar-refractivity contribution in [3.63, 3.8) is 0 Å². The third-order valence-electron chi connectivity index (χ3n) is 3.89. The highest BCUT2D eigenvalue weighted by Gasteiger charge is 2.31. The molecule has 0 radical (unpaired) electrons. The van der Waals surface area contributed by atoms with E-state index in [0.717, 1.165) is 24.3 Å². The van der Waals surface area contributed by atoms with Crippen molar-refractivity contribution in [2.75, 3.05) is 19.7 Å². The second-order valence-electron chi connectivity index (χ2n) is 5.65. The zero-order valence-corrected chi connectivity index (χ0v) is 12.3. The van der Waals surface area contributed by atoms with Gasteiger partial charge in [0.15, 0.2) is 0 Å². The van der Waals surface area contributed by atoms with Crippen molar-refractivity contribution in [2.45, 2.75) is 32.7 Å². The highest BCUT2D eigenvalue weighted by atomic mass is 16.5. The monoisotopic (exact) mass is 276 g/mol. The SMILES string of the molecule is Cc1cccc(OCCC(=O)N2CC(CN)CC2C)c1. The molecule has 2 atom stereocenters. The summed E-state index contributed by atoms with van der Waals surface area (Å²) in [6.45, 7) is 6.00. The number of nitrogens with zero attached hydrogens (tertiary/aromatic N) is 1. The number of benzene rings is 1. The minimum atomic E-state index is 0.168. The molecule has 1 aliphatic rings. The predicted octanol–water partition coefficient (Wildman–Crippen LogP) is 1.96. The maximum Gasteiger partial charge on any atom is 0.226 e. The molecular formula is C16H24N2O2. The van der Waals surface area contributed by atoms with Crippen molar-refractivity contribution in [2.24, 2.45) is 11.7 Å². The smallest absolute Gasteiger partial charge is 0.226 e. The molecule has 1 aromatic carbocycles. The summed E-state index contributed by atoms with van der Waals surface area (Å²) in [6, 6.07) is 8.18. The van der Waals surface area contributed by atoms with Gasteiger partial charge in [-0.3, -0.25) is 4.79 Å². The number of hydrogen-bond donors (Lipinski definition) is 1. The van der Waals surface area contributed by atoms with Crippen molar-refractivity contribution < 1.29 is 9.53 Å². The summed E-state index contributed by atoms with van der Waals surface area (Å²) in [5.41, 5.74) is 6.85. The van der Waals surface area contributed by atoms with E-state index in [4.69, 9.17) is 10.5 Å². The van der Waals surface area contributed by atoms with E-state index in [-0.39, 0.29) is 5.91 Å². The molecule has 2 N–H and O–H groups in total. The number of rotatable bonds is 5. The summed E-state index contributed by atoms with van der Waals surface area (Å²) in [5.74, 6) is 1.44. The molecule has 0 aromatic heterocycles. The van der Waals surface area contributed by atoms with Gasteiger partial charge < -0.3 is 15.4 Å². The maximum atomic E-state index is 12.2. The lowest BCUT2D eigenvalue weighted by molar-refractivity contribution is -0.132. The van der Waals surface area contributed by atoms with Crippen LogP contribution in [0.5, 0.6) is 5.75 Å². The second kappa shape index (κ2) is 6.75. The number of hydrogen-bond acceptors (Lipinski definition) is 3. The van der Waals surface area contributed by atoms with Crippen LogP contribution in [-0.2, 0) is 4.79 Å². The summed E-state index contributed by atoms with van der Waals surface area (Å²) in [7, 11) is 0. The van der Waals surface area contributed by atoms with E-state index in [9.17, 15) is 4.79 Å². The Labute approximate surface area is 120 Å². The molecule has 1 saturated heterocycles. The fourth-order valence-corrected chi connectivity index (χ4v) is 2.77. The number of ether oxygens (including phenoxy) is 1. The van der Waals surface area contributed by atoms with Gasteiger partial charge in [-0.05, 0) is 50.4 Å². The molecule has 4 nitrogen and oxygen atoms in total. The number of carbonyl (C=O) groups excluding carboxylic acids is 1. The standard InChI is InChI=1S/C16H24N2O2/c1-12-4-3-5-15(8-12)20-7-6-16(19)18-11-14(10-17)9-13(18)2/h3-5,8,13-14H,6-7,9-11,17H2,1-2H3. The molecule has 1 aliphatic heterocycles. The van der Waals surface area contributed by atoms with Crippen molar-refractivity contribution in [3.8, 4) is 5.75 Å². The van der Waals surface area contributed by atoms with Gasteiger partial charge in [0.05, 0.1) is 13.0 Å². The molecule has 0 spiro atoms. The Balaban J connectivity index is 1.78. The Morgan fingerprint density at radius 3 is 2.95 bits per heavy atom. The third-order valence-corrected chi connectivity index (χ3v) is 3.89. The summed E-state index contributed by atoms with van der Waals surface area (Å²) >= 11 is 0. The lowest BCUT2D eigenvalue weighted by Gasteiger charge is -2.21. The Morgan fingerprint density at radius 1 is 1.50 bits per heavy atom. The van der Waals surface area contributed by atoms with Crippen molar-refractivity contribution in [3.05, 3.63) is 29.8 Å². The molecule has 1 heterocycles. The van der Waals surface area contributed by atoms with E-state index < -0.39 is 0 Å². The molecule has 20 heavy (non-hydrogen) atoms. The van der Waals surface area contributed by atoms with Gasteiger partial charge in [0.1, 0.15) is 5.75 Å². The topological polar surface area (TPSA) is 55.6 Å². The number of aryl methyl sites for hydroxylation is 1. The van der Waals surface area contributed by atoms with Gasteiger partial charge in [-0.2, -0.15) is 0 Å². The maximum absolute atomic E-state index is 12.2. The summed E-state index contributed by atoms with van der Waals surface area (Å²) in [5, 5.41) is 0. The molecule has 4 heteroatoms. The van der Waals surface area contributed by atoms with Gasteiger partial charge in [-0.1, -0.05) is 12.1 Å². The van der Waals surface area contributed by atoms with E-state index in [2.05, 4.69) is 6.92 Å². The highest BCUT2D eigenvalue weighted by Crippen LogP contribution is 2.22. The molecule has 2 unspecified atom stereocenters. The molecule has 1 fully saturated rings. The average Bonchev–Trinajstić information content (AvgIpc) is 2.80. The van der Waals surface area contributed by atoms with Crippen molar-refractivity contribution in [1.82, 2.24) is 4.90 Å². The fourth-order valence-electron chi connectivity index (χ4n) is 2.77. The number of nitrogens with two attached hydrogens (primary N) is 1. The van der Waals surface area contributed by atoms with Crippen LogP contribution in [0.3, 0.4) is 0 Å². The molecule has 1 aromatic rings. The Hall–Kier alpha value is -1.55. The fraction of sp³-hybridized carbons (Fsp3) is 0.562. The van der Waals surface area contributed by atoms with Gasteiger partial charge in [0, 0.05) is 12.6 Å². The number of amides is 1. The van der Waals surface area contributed by atoms with Crippen LogP contribution in [0, 0.1) is 12.8 Å². The van der Waals surface area contributed by atoms with E-state index in [1.165, 1.54) is 0 Å². The minimum Gasteiger partial charge on any atom is -0.493 e. The Bertz CT molecular complexity index is 462. The van der Waals surface area contributed by atoms with Crippen LogP contribution in [-0.4, -0.2) is 36.5 Å². The first-order chi connectivity index (χ1) is 9.60. The van der Waals surface area contributed by atoms with Crippen LogP contribution in [0.2, 0.25) is 0 Å². The van der Waals surface area contributed by atoms with Gasteiger partial charge >= 0.3 is 0 Å². The minimum absolute atomic E-state index is 0.168. The van der Waals surface area contributed by atoms with Gasteiger partial charge in [-0.15, -0.1) is 0 Å². The summed E-state index contributed by atoms with van der Waals surface area (Å²) in [6.07, 6.45) is 1.44. The quantitative estimate of drug-likeness (QED) is 0.894. The molecule has 2 rings (SSSR count). The first-order valence-electron chi connectivity index (χ1n) is 7.29. The number of likely N-dealkylation sites (tertiary alicyclic amines) is 1. The predicted molar refractivity (Wildman–Crippen MR) is 79.6 cm³/mol. The molecule has 110 valence electrons. The van der Waals surface area contributed by atoms with E-state index >= 15 is 0 Å². The molecule has 0 bridgehead atoms. The van der Waals surface area contributed by atoms with E-state index in [1.807, 2.05) is 36.1 Å². The molecule has 0 aliphatic carbocycles. The van der Waals surface area contributed by atoms with Crippen LogP contribution in [0.15, 0.2) is 24.3 Å². The zero-order valence-electron chi connectivity index (χ0n) is 12.3.